The van der Waals surface area contributed by atoms with Crippen LogP contribution in [0.1, 0.15) is 25.3 Å². The van der Waals surface area contributed by atoms with Gasteiger partial charge in [0.05, 0.1) is 31.3 Å². The molecule has 0 bridgehead atoms. The van der Waals surface area contributed by atoms with Gasteiger partial charge in [0.15, 0.2) is 5.28 Å². The average Bonchev–Trinajstić information content (AvgIpc) is 3.20. The van der Waals surface area contributed by atoms with Crippen LogP contribution in [0, 0.1) is 0 Å². The highest BCUT2D eigenvalue weighted by Crippen LogP contribution is 2.72. The maximum atomic E-state index is 5.85. The number of rotatable bonds is 3. The van der Waals surface area contributed by atoms with Crippen molar-refractivity contribution in [3.8, 4) is 11.6 Å². The minimum absolute atomic E-state index is 0.102. The summed E-state index contributed by atoms with van der Waals surface area (Å²) in [5, 5.41) is 1.24. The van der Waals surface area contributed by atoms with E-state index in [2.05, 4.69) is 90.0 Å². The molecule has 0 spiro atoms. The SMILES string of the molecule is COc1cccc2c1P1C(c3cccc(OC)[n+]3C1(C)C)N2c1ccccc1. The number of pyridine rings is 1. The smallest absolute Gasteiger partial charge is 0.368 e. The van der Waals surface area contributed by atoms with Crippen molar-refractivity contribution in [2.24, 2.45) is 0 Å². The third-order valence-corrected chi connectivity index (χ3v) is 9.11. The summed E-state index contributed by atoms with van der Waals surface area (Å²) in [6, 6.07) is 23.5. The standard InChI is InChI=1S/C23H24N2O2P/c1-23(2)25-18(13-9-15-20(25)27-4)22-24(16-10-6-5-7-11-16)17-12-8-14-19(26-3)21(17)28(22)23/h5-15,22H,1-4H3/q+1. The molecule has 28 heavy (non-hydrogen) atoms. The van der Waals surface area contributed by atoms with E-state index >= 15 is 0 Å². The van der Waals surface area contributed by atoms with Gasteiger partial charge in [-0.3, -0.25) is 0 Å². The van der Waals surface area contributed by atoms with Crippen molar-refractivity contribution >= 4 is 24.6 Å². The van der Waals surface area contributed by atoms with Gasteiger partial charge in [-0.1, -0.05) is 24.3 Å². The van der Waals surface area contributed by atoms with Crippen LogP contribution in [0.4, 0.5) is 11.4 Å². The predicted octanol–water partition coefficient (Wildman–Crippen LogP) is 4.66. The number of aromatic nitrogens is 1. The monoisotopic (exact) mass is 391 g/mol. The fourth-order valence-corrected chi connectivity index (χ4v) is 8.35. The van der Waals surface area contributed by atoms with Crippen LogP contribution in [0.25, 0.3) is 0 Å². The van der Waals surface area contributed by atoms with Crippen LogP contribution >= 0.6 is 7.92 Å². The lowest BCUT2D eigenvalue weighted by Crippen LogP contribution is -2.51. The molecule has 3 aromatic rings. The van der Waals surface area contributed by atoms with Gasteiger partial charge in [0.1, 0.15) is 11.5 Å². The van der Waals surface area contributed by atoms with E-state index in [0.717, 1.165) is 11.6 Å². The van der Waals surface area contributed by atoms with Gasteiger partial charge in [0.25, 0.3) is 0 Å². The molecule has 0 radical (unpaired) electrons. The summed E-state index contributed by atoms with van der Waals surface area (Å²) >= 11 is 0. The minimum atomic E-state index is -0.607. The molecule has 3 heterocycles. The van der Waals surface area contributed by atoms with Gasteiger partial charge < -0.3 is 14.4 Å². The molecule has 5 heteroatoms. The van der Waals surface area contributed by atoms with Crippen molar-refractivity contribution in [1.29, 1.82) is 0 Å². The van der Waals surface area contributed by atoms with E-state index in [1.54, 1.807) is 14.2 Å². The number of hydrogen-bond donors (Lipinski definition) is 0. The van der Waals surface area contributed by atoms with E-state index in [1.165, 1.54) is 22.4 Å². The summed E-state index contributed by atoms with van der Waals surface area (Å²) in [4.78, 5) is 2.49. The third-order valence-electron chi connectivity index (χ3n) is 5.82. The van der Waals surface area contributed by atoms with Crippen LogP contribution in [-0.2, 0) is 5.28 Å². The number of methoxy groups -OCH3 is 2. The lowest BCUT2D eigenvalue weighted by atomic mass is 10.2. The second-order valence-corrected chi connectivity index (χ2v) is 10.4. The van der Waals surface area contributed by atoms with Crippen LogP contribution in [-0.4, -0.2) is 14.2 Å². The molecule has 5 rings (SSSR count). The Labute approximate surface area is 167 Å². The van der Waals surface area contributed by atoms with Crippen molar-refractivity contribution < 1.29 is 14.0 Å². The fraction of sp³-hybridized carbons (Fsp3) is 0.261. The Morgan fingerprint density at radius 2 is 1.64 bits per heavy atom. The zero-order chi connectivity index (χ0) is 19.5. The van der Waals surface area contributed by atoms with Gasteiger partial charge in [-0.05, 0) is 30.3 Å². The topological polar surface area (TPSA) is 25.6 Å². The molecule has 0 saturated carbocycles. The van der Waals surface area contributed by atoms with Crippen molar-refractivity contribution in [1.82, 2.24) is 0 Å². The summed E-state index contributed by atoms with van der Waals surface area (Å²) < 4.78 is 14.0. The van der Waals surface area contributed by atoms with E-state index < -0.39 is 7.92 Å². The Kier molecular flexibility index (Phi) is 3.89. The highest BCUT2D eigenvalue weighted by atomic mass is 31.1. The Morgan fingerprint density at radius 1 is 0.893 bits per heavy atom. The van der Waals surface area contributed by atoms with E-state index in [9.17, 15) is 0 Å². The van der Waals surface area contributed by atoms with E-state index in [1.807, 2.05) is 0 Å². The molecule has 0 aliphatic carbocycles. The van der Waals surface area contributed by atoms with Crippen LogP contribution in [0.5, 0.6) is 11.6 Å². The maximum Gasteiger partial charge on any atom is 0.368 e. The summed E-state index contributed by atoms with van der Waals surface area (Å²) in [5.41, 5.74) is 3.75. The molecule has 0 fully saturated rings. The van der Waals surface area contributed by atoms with Crippen LogP contribution in [0.3, 0.4) is 0 Å². The van der Waals surface area contributed by atoms with E-state index in [-0.39, 0.29) is 11.1 Å². The molecule has 2 unspecified atom stereocenters. The van der Waals surface area contributed by atoms with Gasteiger partial charge in [0.2, 0.25) is 5.69 Å². The number of ether oxygens (including phenoxy) is 2. The van der Waals surface area contributed by atoms with Gasteiger partial charge in [0, 0.05) is 33.5 Å². The number of fused-ring (bicyclic) bond motifs is 5. The summed E-state index contributed by atoms with van der Waals surface area (Å²) in [5.74, 6) is 2.13. The second kappa shape index (κ2) is 6.22. The molecule has 2 aliphatic heterocycles. The first kappa shape index (κ1) is 17.5. The molecule has 0 amide bonds. The first-order valence-corrected chi connectivity index (χ1v) is 10.9. The average molecular weight is 391 g/mol. The van der Waals surface area contributed by atoms with Crippen LogP contribution in [0.15, 0.2) is 66.7 Å². The number of benzene rings is 2. The quantitative estimate of drug-likeness (QED) is 0.480. The zero-order valence-electron chi connectivity index (χ0n) is 16.6. The first-order valence-electron chi connectivity index (χ1n) is 9.49. The maximum absolute atomic E-state index is 5.85. The molecule has 4 nitrogen and oxygen atoms in total. The number of para-hydroxylation sites is 1. The Balaban J connectivity index is 1.84. The van der Waals surface area contributed by atoms with Crippen molar-refractivity contribution in [3.63, 3.8) is 0 Å². The highest BCUT2D eigenvalue weighted by molar-refractivity contribution is 7.68. The lowest BCUT2D eigenvalue weighted by Gasteiger charge is -2.25. The second-order valence-electron chi connectivity index (χ2n) is 7.60. The minimum Gasteiger partial charge on any atom is -0.496 e. The largest absolute Gasteiger partial charge is 0.496 e. The number of anilines is 2. The fourth-order valence-electron chi connectivity index (χ4n) is 4.75. The van der Waals surface area contributed by atoms with E-state index in [4.69, 9.17) is 9.47 Å². The van der Waals surface area contributed by atoms with Gasteiger partial charge in [-0.15, -0.1) is 0 Å². The molecule has 1 aromatic heterocycles. The van der Waals surface area contributed by atoms with Gasteiger partial charge >= 0.3 is 5.88 Å². The molecule has 2 aliphatic rings. The van der Waals surface area contributed by atoms with Crippen molar-refractivity contribution in [2.45, 2.75) is 24.9 Å². The van der Waals surface area contributed by atoms with Crippen LogP contribution < -0.4 is 24.2 Å². The summed E-state index contributed by atoms with van der Waals surface area (Å²) in [7, 11) is 2.92. The molecule has 2 aromatic carbocycles. The summed E-state index contributed by atoms with van der Waals surface area (Å²) in [6.45, 7) is 4.66. The van der Waals surface area contributed by atoms with Crippen molar-refractivity contribution in [2.75, 3.05) is 19.1 Å². The number of hydrogen-bond acceptors (Lipinski definition) is 3. The molecule has 2 atom stereocenters. The van der Waals surface area contributed by atoms with E-state index in [0.29, 0.717) is 0 Å². The zero-order valence-corrected chi connectivity index (χ0v) is 17.5. The Hall–Kier alpha value is -2.58. The predicted molar refractivity (Wildman–Crippen MR) is 113 cm³/mol. The highest BCUT2D eigenvalue weighted by Gasteiger charge is 2.63. The molecule has 0 N–H and O–H groups in total. The van der Waals surface area contributed by atoms with Gasteiger partial charge in [-0.25, -0.2) is 0 Å². The molecule has 0 saturated heterocycles. The molecule has 142 valence electrons. The lowest BCUT2D eigenvalue weighted by molar-refractivity contribution is -0.737. The molecular formula is C23H24N2O2P+. The van der Waals surface area contributed by atoms with Crippen molar-refractivity contribution in [3.05, 3.63) is 72.4 Å². The number of nitrogens with zero attached hydrogens (tertiary/aromatic N) is 2. The Morgan fingerprint density at radius 3 is 2.36 bits per heavy atom. The summed E-state index contributed by atoms with van der Waals surface area (Å²) in [6.07, 6.45) is 0. The first-order chi connectivity index (χ1) is 13.6. The normalized spacial score (nSPS) is 21.1. The molecular weight excluding hydrogens is 367 g/mol. The van der Waals surface area contributed by atoms with Crippen LogP contribution in [0.2, 0.25) is 0 Å². The Bertz CT molecular complexity index is 1050. The van der Waals surface area contributed by atoms with Gasteiger partial charge in [-0.2, -0.15) is 4.57 Å². The third kappa shape index (κ3) is 2.18.